The van der Waals surface area contributed by atoms with Crippen LogP contribution in [0, 0.1) is 5.92 Å². The zero-order valence-corrected chi connectivity index (χ0v) is 14.5. The van der Waals surface area contributed by atoms with Crippen molar-refractivity contribution < 1.29 is 19.4 Å². The molecule has 0 unspecified atom stereocenters. The Bertz CT molecular complexity index is 494. The molecule has 1 aliphatic carbocycles. The highest BCUT2D eigenvalue weighted by molar-refractivity contribution is 5.87. The number of carbonyl (C=O) groups is 2. The lowest BCUT2D eigenvalue weighted by Crippen LogP contribution is -2.62. The lowest BCUT2D eigenvalue weighted by atomic mass is 9.84. The molecule has 1 amide bonds. The highest BCUT2D eigenvalue weighted by Gasteiger charge is 2.38. The van der Waals surface area contributed by atoms with E-state index in [4.69, 9.17) is 10.5 Å². The van der Waals surface area contributed by atoms with Crippen molar-refractivity contribution in [3.8, 4) is 0 Å². The lowest BCUT2D eigenvalue weighted by Gasteiger charge is -2.44. The van der Waals surface area contributed by atoms with Gasteiger partial charge in [-0.3, -0.25) is 9.69 Å². The zero-order chi connectivity index (χ0) is 17.7. The van der Waals surface area contributed by atoms with E-state index in [-0.39, 0.29) is 24.4 Å². The Kier molecular flexibility index (Phi) is 6.77. The van der Waals surface area contributed by atoms with Gasteiger partial charge in [-0.1, -0.05) is 6.08 Å². The number of carboxylic acids is 1. The maximum Gasteiger partial charge on any atom is 0.331 e. The third-order valence-corrected chi connectivity index (χ3v) is 4.83. The largest absolute Gasteiger partial charge is 0.478 e. The van der Waals surface area contributed by atoms with Crippen LogP contribution in [0.3, 0.4) is 0 Å². The fourth-order valence-electron chi connectivity index (χ4n) is 3.72. The predicted molar refractivity (Wildman–Crippen MR) is 90.5 cm³/mol. The van der Waals surface area contributed by atoms with Crippen LogP contribution in [0.2, 0.25) is 0 Å². The van der Waals surface area contributed by atoms with E-state index in [2.05, 4.69) is 10.2 Å². The van der Waals surface area contributed by atoms with Gasteiger partial charge in [-0.15, -0.1) is 0 Å². The first-order chi connectivity index (χ1) is 11.4. The van der Waals surface area contributed by atoms with E-state index in [9.17, 15) is 14.7 Å². The Balaban J connectivity index is 2.18. The highest BCUT2D eigenvalue weighted by atomic mass is 16.5. The fraction of sp³-hybridized carbons (Fsp3) is 0.765. The van der Waals surface area contributed by atoms with Crippen LogP contribution in [0.25, 0.3) is 0 Å². The van der Waals surface area contributed by atoms with E-state index < -0.39 is 12.0 Å². The molecule has 7 nitrogen and oxygen atoms in total. The fourth-order valence-corrected chi connectivity index (χ4v) is 3.72. The van der Waals surface area contributed by atoms with Crippen molar-refractivity contribution in [2.45, 2.75) is 51.2 Å². The van der Waals surface area contributed by atoms with Crippen LogP contribution < -0.4 is 11.1 Å². The van der Waals surface area contributed by atoms with Crippen LogP contribution in [-0.4, -0.2) is 66.3 Å². The monoisotopic (exact) mass is 339 g/mol. The summed E-state index contributed by atoms with van der Waals surface area (Å²) in [6.07, 6.45) is 4.18. The van der Waals surface area contributed by atoms with E-state index in [1.165, 1.54) is 6.92 Å². The summed E-state index contributed by atoms with van der Waals surface area (Å²) in [6.45, 7) is 6.56. The molecule has 0 aromatic carbocycles. The average Bonchev–Trinajstić information content (AvgIpc) is 2.54. The standard InChI is InChI=1S/C17H29N3O4/c1-3-24-10-12-5-4-6-20(9-12)15-8-13(17(22)23)7-14(18)16(15)19-11(2)21/h8,12,14-16H,3-7,9-10,18H2,1-2H3,(H,19,21)(H,22,23)/t12-,14+,15-,16-/m1/s1. The van der Waals surface area contributed by atoms with Crippen molar-refractivity contribution in [3.63, 3.8) is 0 Å². The molecule has 0 aromatic rings. The van der Waals surface area contributed by atoms with Crippen LogP contribution >= 0.6 is 0 Å². The van der Waals surface area contributed by atoms with Gasteiger partial charge < -0.3 is 20.9 Å². The number of nitrogens with zero attached hydrogens (tertiary/aromatic N) is 1. The minimum Gasteiger partial charge on any atom is -0.478 e. The van der Waals surface area contributed by atoms with Gasteiger partial charge in [-0.2, -0.15) is 0 Å². The number of hydrogen-bond acceptors (Lipinski definition) is 5. The second-order valence-corrected chi connectivity index (χ2v) is 6.74. The minimum absolute atomic E-state index is 0.143. The SMILES string of the molecule is CCOC[C@@H]1CCCN([C@@H]2C=C(C(=O)O)C[C@H](N)[C@H]2NC(C)=O)C1. The molecule has 0 bridgehead atoms. The number of ether oxygens (including phenoxy) is 1. The zero-order valence-electron chi connectivity index (χ0n) is 14.5. The molecule has 7 heteroatoms. The van der Waals surface area contributed by atoms with Crippen molar-refractivity contribution in [1.82, 2.24) is 10.2 Å². The van der Waals surface area contributed by atoms with Crippen molar-refractivity contribution >= 4 is 11.9 Å². The van der Waals surface area contributed by atoms with Crippen LogP contribution in [0.4, 0.5) is 0 Å². The molecule has 4 N–H and O–H groups in total. The summed E-state index contributed by atoms with van der Waals surface area (Å²) in [7, 11) is 0. The van der Waals surface area contributed by atoms with Crippen LogP contribution in [0.5, 0.6) is 0 Å². The quantitative estimate of drug-likeness (QED) is 0.645. The van der Waals surface area contributed by atoms with Gasteiger partial charge >= 0.3 is 5.97 Å². The third kappa shape index (κ3) is 4.78. The Morgan fingerprint density at radius 1 is 1.50 bits per heavy atom. The summed E-state index contributed by atoms with van der Waals surface area (Å²) >= 11 is 0. The number of rotatable bonds is 6. The number of carbonyl (C=O) groups excluding carboxylic acids is 1. The molecule has 1 saturated heterocycles. The van der Waals surface area contributed by atoms with Crippen LogP contribution in [0.15, 0.2) is 11.6 Å². The lowest BCUT2D eigenvalue weighted by molar-refractivity contribution is -0.133. The molecule has 1 aliphatic heterocycles. The minimum atomic E-state index is -0.931. The smallest absolute Gasteiger partial charge is 0.331 e. The summed E-state index contributed by atoms with van der Waals surface area (Å²) in [4.78, 5) is 25.2. The van der Waals surface area contributed by atoms with E-state index >= 15 is 0 Å². The number of likely N-dealkylation sites (tertiary alicyclic amines) is 1. The number of nitrogens with two attached hydrogens (primary N) is 1. The maximum atomic E-state index is 11.6. The van der Waals surface area contributed by atoms with E-state index in [0.717, 1.165) is 25.9 Å². The van der Waals surface area contributed by atoms with Gasteiger partial charge in [0.1, 0.15) is 0 Å². The molecule has 0 spiro atoms. The molecule has 1 fully saturated rings. The first-order valence-corrected chi connectivity index (χ1v) is 8.70. The molecule has 0 saturated carbocycles. The highest BCUT2D eigenvalue weighted by Crippen LogP contribution is 2.27. The van der Waals surface area contributed by atoms with Gasteiger partial charge in [0.05, 0.1) is 18.7 Å². The number of hydrogen-bond donors (Lipinski definition) is 3. The predicted octanol–water partition coefficient (Wildman–Crippen LogP) is 0.350. The summed E-state index contributed by atoms with van der Waals surface area (Å²) in [5.41, 5.74) is 6.53. The molecule has 0 aromatic heterocycles. The molecule has 2 aliphatic rings. The summed E-state index contributed by atoms with van der Waals surface area (Å²) in [5.74, 6) is -0.647. The normalized spacial score (nSPS) is 31.4. The van der Waals surface area contributed by atoms with E-state index in [1.807, 2.05) is 6.92 Å². The first kappa shape index (κ1) is 18.9. The summed E-state index contributed by atoms with van der Waals surface area (Å²) in [5, 5.41) is 12.3. The topological polar surface area (TPSA) is 105 Å². The van der Waals surface area contributed by atoms with E-state index in [1.54, 1.807) is 6.08 Å². The van der Waals surface area contributed by atoms with Gasteiger partial charge in [-0.25, -0.2) is 4.79 Å². The molecular weight excluding hydrogens is 310 g/mol. The van der Waals surface area contributed by atoms with Gasteiger partial charge in [-0.05, 0) is 38.6 Å². The molecule has 0 radical (unpaired) electrons. The summed E-state index contributed by atoms with van der Waals surface area (Å²) < 4.78 is 5.55. The third-order valence-electron chi connectivity index (χ3n) is 4.83. The van der Waals surface area contributed by atoms with Crippen molar-refractivity contribution in [1.29, 1.82) is 0 Å². The first-order valence-electron chi connectivity index (χ1n) is 8.70. The molecule has 4 atom stereocenters. The molecule has 1 heterocycles. The second-order valence-electron chi connectivity index (χ2n) is 6.74. The number of aliphatic carboxylic acids is 1. The van der Waals surface area contributed by atoms with Gasteiger partial charge in [0, 0.05) is 31.7 Å². The molecular formula is C17H29N3O4. The average molecular weight is 339 g/mol. The summed E-state index contributed by atoms with van der Waals surface area (Å²) in [6, 6.07) is -0.855. The van der Waals surface area contributed by atoms with Crippen molar-refractivity contribution in [3.05, 3.63) is 11.6 Å². The molecule has 2 rings (SSSR count). The Morgan fingerprint density at radius 2 is 2.25 bits per heavy atom. The van der Waals surface area contributed by atoms with Crippen molar-refractivity contribution in [2.24, 2.45) is 11.7 Å². The number of nitrogens with one attached hydrogen (secondary N) is 1. The van der Waals surface area contributed by atoms with Gasteiger partial charge in [0.2, 0.25) is 5.91 Å². The number of piperidine rings is 1. The molecule has 24 heavy (non-hydrogen) atoms. The van der Waals surface area contributed by atoms with Gasteiger partial charge in [0.25, 0.3) is 0 Å². The number of carboxylic acid groups (broad SMARTS) is 1. The van der Waals surface area contributed by atoms with E-state index in [0.29, 0.717) is 24.7 Å². The molecule has 136 valence electrons. The Labute approximate surface area is 143 Å². The number of amides is 1. The Morgan fingerprint density at radius 3 is 2.88 bits per heavy atom. The van der Waals surface area contributed by atoms with Crippen molar-refractivity contribution in [2.75, 3.05) is 26.3 Å². The Hall–Kier alpha value is -1.44. The van der Waals surface area contributed by atoms with Gasteiger partial charge in [0.15, 0.2) is 0 Å². The van der Waals surface area contributed by atoms with Crippen LogP contribution in [-0.2, 0) is 14.3 Å². The maximum absolute atomic E-state index is 11.6. The second kappa shape index (κ2) is 8.60. The van der Waals surface area contributed by atoms with Crippen LogP contribution in [0.1, 0.15) is 33.1 Å².